The molecule has 2 rings (SSSR count). The standard InChI is InChI=1S/C13H19ClN4O/c1-9-8-17(2)5-6-18(9)13(19)11-7-10(14)3-4-12(11)16-15/h3-4,7,9,16H,5-6,8,15H2,1-2H3. The van der Waals surface area contributed by atoms with E-state index in [9.17, 15) is 4.79 Å². The third-order valence-corrected chi connectivity index (χ3v) is 3.69. The van der Waals surface area contributed by atoms with Crippen LogP contribution < -0.4 is 11.3 Å². The maximum atomic E-state index is 12.6. The molecule has 5 nitrogen and oxygen atoms in total. The van der Waals surface area contributed by atoms with E-state index < -0.39 is 0 Å². The highest BCUT2D eigenvalue weighted by molar-refractivity contribution is 6.31. The zero-order chi connectivity index (χ0) is 14.0. The zero-order valence-electron chi connectivity index (χ0n) is 11.2. The number of hydrogen-bond donors (Lipinski definition) is 2. The smallest absolute Gasteiger partial charge is 0.256 e. The van der Waals surface area contributed by atoms with Crippen LogP contribution in [-0.2, 0) is 0 Å². The molecule has 104 valence electrons. The Hall–Kier alpha value is -1.30. The number of hydrogen-bond acceptors (Lipinski definition) is 4. The fourth-order valence-corrected chi connectivity index (χ4v) is 2.59. The number of anilines is 1. The van der Waals surface area contributed by atoms with Crippen LogP contribution in [0, 0.1) is 0 Å². The Kier molecular flexibility index (Phi) is 4.29. The van der Waals surface area contributed by atoms with Crippen molar-refractivity contribution in [3.8, 4) is 0 Å². The van der Waals surface area contributed by atoms with E-state index in [1.54, 1.807) is 18.2 Å². The number of nitrogens with one attached hydrogen (secondary N) is 1. The largest absolute Gasteiger partial charge is 0.333 e. The SMILES string of the molecule is CC1CN(C)CCN1C(=O)c1cc(Cl)ccc1NN. The molecule has 0 spiro atoms. The Labute approximate surface area is 118 Å². The molecule has 19 heavy (non-hydrogen) atoms. The van der Waals surface area contributed by atoms with Crippen molar-refractivity contribution in [2.45, 2.75) is 13.0 Å². The molecule has 1 aliphatic heterocycles. The Balaban J connectivity index is 2.26. The number of nitrogens with zero attached hydrogens (tertiary/aromatic N) is 2. The molecule has 1 unspecified atom stereocenters. The second kappa shape index (κ2) is 5.77. The van der Waals surface area contributed by atoms with Gasteiger partial charge in [0.05, 0.1) is 11.3 Å². The number of benzene rings is 1. The van der Waals surface area contributed by atoms with Gasteiger partial charge in [-0.1, -0.05) is 11.6 Å². The number of carbonyl (C=O) groups is 1. The number of likely N-dealkylation sites (N-methyl/N-ethyl adjacent to an activating group) is 1. The molecule has 1 fully saturated rings. The molecule has 1 heterocycles. The Morgan fingerprint density at radius 1 is 1.47 bits per heavy atom. The van der Waals surface area contributed by atoms with E-state index in [1.165, 1.54) is 0 Å². The Morgan fingerprint density at radius 3 is 2.84 bits per heavy atom. The van der Waals surface area contributed by atoms with Crippen LogP contribution in [0.2, 0.25) is 5.02 Å². The Morgan fingerprint density at radius 2 is 2.21 bits per heavy atom. The molecule has 1 amide bonds. The number of amides is 1. The molecule has 6 heteroatoms. The normalized spacial score (nSPS) is 20.4. The van der Waals surface area contributed by atoms with Gasteiger partial charge in [0.1, 0.15) is 0 Å². The van der Waals surface area contributed by atoms with Crippen LogP contribution in [0.15, 0.2) is 18.2 Å². The van der Waals surface area contributed by atoms with Crippen LogP contribution in [0.4, 0.5) is 5.69 Å². The van der Waals surface area contributed by atoms with Gasteiger partial charge < -0.3 is 15.2 Å². The molecule has 1 atom stereocenters. The summed E-state index contributed by atoms with van der Waals surface area (Å²) in [5.41, 5.74) is 3.67. The second-order valence-corrected chi connectivity index (χ2v) is 5.38. The van der Waals surface area contributed by atoms with Gasteiger partial charge in [-0.3, -0.25) is 10.6 Å². The maximum Gasteiger partial charge on any atom is 0.256 e. The van der Waals surface area contributed by atoms with E-state index in [0.717, 1.165) is 13.1 Å². The highest BCUT2D eigenvalue weighted by atomic mass is 35.5. The van der Waals surface area contributed by atoms with E-state index in [0.29, 0.717) is 22.8 Å². The van der Waals surface area contributed by atoms with Crippen LogP contribution in [0.3, 0.4) is 0 Å². The predicted molar refractivity (Wildman–Crippen MR) is 77.3 cm³/mol. The molecule has 1 saturated heterocycles. The quantitative estimate of drug-likeness (QED) is 0.636. The first-order chi connectivity index (χ1) is 9.02. The molecular weight excluding hydrogens is 264 g/mol. The molecule has 0 radical (unpaired) electrons. The lowest BCUT2D eigenvalue weighted by molar-refractivity contribution is 0.0534. The van der Waals surface area contributed by atoms with Crippen molar-refractivity contribution in [2.24, 2.45) is 5.84 Å². The van der Waals surface area contributed by atoms with E-state index in [2.05, 4.69) is 17.4 Å². The summed E-state index contributed by atoms with van der Waals surface area (Å²) in [6.45, 7) is 4.51. The lowest BCUT2D eigenvalue weighted by atomic mass is 10.1. The van der Waals surface area contributed by atoms with Gasteiger partial charge in [-0.2, -0.15) is 0 Å². The number of carbonyl (C=O) groups excluding carboxylic acids is 1. The molecule has 1 aromatic rings. The van der Waals surface area contributed by atoms with Gasteiger partial charge in [0, 0.05) is 30.7 Å². The minimum absolute atomic E-state index is 0.0314. The summed E-state index contributed by atoms with van der Waals surface area (Å²) in [5, 5.41) is 0.532. The number of rotatable bonds is 2. The summed E-state index contributed by atoms with van der Waals surface area (Å²) in [6, 6.07) is 5.26. The lowest BCUT2D eigenvalue weighted by Gasteiger charge is -2.38. The van der Waals surface area contributed by atoms with E-state index in [1.807, 2.05) is 11.8 Å². The molecule has 1 aliphatic rings. The van der Waals surface area contributed by atoms with Crippen molar-refractivity contribution >= 4 is 23.2 Å². The van der Waals surface area contributed by atoms with Gasteiger partial charge in [-0.05, 0) is 32.2 Å². The molecule has 0 aliphatic carbocycles. The van der Waals surface area contributed by atoms with Gasteiger partial charge in [0.25, 0.3) is 5.91 Å². The summed E-state index contributed by atoms with van der Waals surface area (Å²) in [4.78, 5) is 16.7. The predicted octanol–water partition coefficient (Wildman–Crippen LogP) is 1.40. The van der Waals surface area contributed by atoms with Crippen molar-refractivity contribution in [1.82, 2.24) is 9.80 Å². The number of halogens is 1. The van der Waals surface area contributed by atoms with Crippen molar-refractivity contribution in [1.29, 1.82) is 0 Å². The molecule has 0 bridgehead atoms. The lowest BCUT2D eigenvalue weighted by Crippen LogP contribution is -2.52. The van der Waals surface area contributed by atoms with Crippen LogP contribution in [0.25, 0.3) is 0 Å². The van der Waals surface area contributed by atoms with E-state index in [4.69, 9.17) is 17.4 Å². The summed E-state index contributed by atoms with van der Waals surface area (Å²) in [7, 11) is 2.06. The summed E-state index contributed by atoms with van der Waals surface area (Å²) >= 11 is 5.97. The van der Waals surface area contributed by atoms with Crippen molar-refractivity contribution < 1.29 is 4.79 Å². The Bertz CT molecular complexity index is 480. The molecule has 0 aromatic heterocycles. The molecular formula is C13H19ClN4O. The topological polar surface area (TPSA) is 61.6 Å². The van der Waals surface area contributed by atoms with Gasteiger partial charge >= 0.3 is 0 Å². The van der Waals surface area contributed by atoms with Crippen molar-refractivity contribution in [3.63, 3.8) is 0 Å². The highest BCUT2D eigenvalue weighted by Gasteiger charge is 2.27. The minimum Gasteiger partial charge on any atom is -0.333 e. The molecule has 0 saturated carbocycles. The van der Waals surface area contributed by atoms with Crippen LogP contribution in [-0.4, -0.2) is 48.4 Å². The van der Waals surface area contributed by atoms with Gasteiger partial charge in [0.2, 0.25) is 0 Å². The number of piperazine rings is 1. The van der Waals surface area contributed by atoms with Crippen LogP contribution >= 0.6 is 11.6 Å². The van der Waals surface area contributed by atoms with Crippen molar-refractivity contribution in [2.75, 3.05) is 32.1 Å². The van der Waals surface area contributed by atoms with Crippen molar-refractivity contribution in [3.05, 3.63) is 28.8 Å². The van der Waals surface area contributed by atoms with Gasteiger partial charge in [-0.25, -0.2) is 0 Å². The first kappa shape index (κ1) is 14.1. The second-order valence-electron chi connectivity index (χ2n) is 4.94. The molecule has 1 aromatic carbocycles. The van der Waals surface area contributed by atoms with E-state index in [-0.39, 0.29) is 11.9 Å². The number of hydrazine groups is 1. The summed E-state index contributed by atoms with van der Waals surface area (Å²) in [5.74, 6) is 5.42. The number of nitrogens with two attached hydrogens (primary N) is 1. The molecule has 3 N–H and O–H groups in total. The minimum atomic E-state index is -0.0314. The zero-order valence-corrected chi connectivity index (χ0v) is 11.9. The summed E-state index contributed by atoms with van der Waals surface area (Å²) in [6.07, 6.45) is 0. The third kappa shape index (κ3) is 3.00. The van der Waals surface area contributed by atoms with Crippen LogP contribution in [0.5, 0.6) is 0 Å². The fourth-order valence-electron chi connectivity index (χ4n) is 2.42. The monoisotopic (exact) mass is 282 g/mol. The average Bonchev–Trinajstić information content (AvgIpc) is 2.38. The fraction of sp³-hybridized carbons (Fsp3) is 0.462. The number of nitrogen functional groups attached to an aromatic ring is 1. The summed E-state index contributed by atoms with van der Waals surface area (Å²) < 4.78 is 0. The third-order valence-electron chi connectivity index (χ3n) is 3.46. The first-order valence-electron chi connectivity index (χ1n) is 6.28. The maximum absolute atomic E-state index is 12.6. The van der Waals surface area contributed by atoms with Gasteiger partial charge in [0.15, 0.2) is 0 Å². The van der Waals surface area contributed by atoms with E-state index >= 15 is 0 Å². The van der Waals surface area contributed by atoms with Gasteiger partial charge in [-0.15, -0.1) is 0 Å². The van der Waals surface area contributed by atoms with Crippen LogP contribution in [0.1, 0.15) is 17.3 Å². The average molecular weight is 283 g/mol. The highest BCUT2D eigenvalue weighted by Crippen LogP contribution is 2.23. The first-order valence-corrected chi connectivity index (χ1v) is 6.66.